The first-order valence-electron chi connectivity index (χ1n) is 8.28. The van der Waals surface area contributed by atoms with Gasteiger partial charge in [-0.25, -0.2) is 0 Å². The number of rotatable bonds is 8. The maximum absolute atomic E-state index is 4.04. The first-order valence-corrected chi connectivity index (χ1v) is 8.28. The van der Waals surface area contributed by atoms with Gasteiger partial charge in [0.15, 0.2) is 0 Å². The van der Waals surface area contributed by atoms with Crippen molar-refractivity contribution < 1.29 is 0 Å². The van der Waals surface area contributed by atoms with Crippen molar-refractivity contribution in [3.63, 3.8) is 0 Å². The van der Waals surface area contributed by atoms with E-state index in [1.807, 2.05) is 12.4 Å². The van der Waals surface area contributed by atoms with Crippen molar-refractivity contribution in [3.8, 4) is 0 Å². The second-order valence-electron chi connectivity index (χ2n) is 6.46. The number of aromatic amines is 1. The Morgan fingerprint density at radius 3 is 2.80 bits per heavy atom. The summed E-state index contributed by atoms with van der Waals surface area (Å²) >= 11 is 0. The Balaban J connectivity index is 1.45. The summed E-state index contributed by atoms with van der Waals surface area (Å²) in [5, 5.41) is 6.95. The second-order valence-corrected chi connectivity index (χ2v) is 6.46. The molecular weight excluding hydrogens is 246 g/mol. The highest BCUT2D eigenvalue weighted by atomic mass is 15.1. The van der Waals surface area contributed by atoms with Gasteiger partial charge in [0.25, 0.3) is 0 Å². The maximum Gasteiger partial charge on any atom is 0.0519 e. The minimum absolute atomic E-state index is 0.986. The Kier molecular flexibility index (Phi) is 4.91. The molecule has 1 fully saturated rings. The molecule has 1 aromatic heterocycles. The second kappa shape index (κ2) is 7.07. The lowest BCUT2D eigenvalue weighted by atomic mass is 9.97. The van der Waals surface area contributed by atoms with Crippen LogP contribution in [0.3, 0.4) is 0 Å². The zero-order valence-electron chi connectivity index (χ0n) is 12.5. The number of hydrogen-bond donors (Lipinski definition) is 1. The zero-order chi connectivity index (χ0) is 13.6. The standard InChI is InChI=1S/C17H27N3/c1-2-4-15(5-3-1)8-10-20(14-16-6-7-16)11-9-17-12-18-19-13-17/h4,12-13,16H,1-3,5-11,14H2,(H,18,19). The Morgan fingerprint density at radius 1 is 1.20 bits per heavy atom. The molecule has 3 nitrogen and oxygen atoms in total. The van der Waals surface area contributed by atoms with E-state index in [0.717, 1.165) is 12.3 Å². The van der Waals surface area contributed by atoms with Crippen LogP contribution in [0, 0.1) is 5.92 Å². The molecule has 2 aliphatic carbocycles. The lowest BCUT2D eigenvalue weighted by molar-refractivity contribution is 0.267. The molecule has 0 unspecified atom stereocenters. The number of H-pyrrole nitrogens is 1. The van der Waals surface area contributed by atoms with E-state index in [2.05, 4.69) is 21.2 Å². The van der Waals surface area contributed by atoms with Crippen LogP contribution in [0.4, 0.5) is 0 Å². The van der Waals surface area contributed by atoms with Crippen LogP contribution < -0.4 is 0 Å². The van der Waals surface area contributed by atoms with Gasteiger partial charge in [0, 0.05) is 25.8 Å². The van der Waals surface area contributed by atoms with Crippen molar-refractivity contribution in [1.82, 2.24) is 15.1 Å². The van der Waals surface area contributed by atoms with Gasteiger partial charge in [-0.2, -0.15) is 5.10 Å². The van der Waals surface area contributed by atoms with Crippen molar-refractivity contribution in [2.24, 2.45) is 5.92 Å². The summed E-state index contributed by atoms with van der Waals surface area (Å²) in [5.74, 6) is 0.986. The van der Waals surface area contributed by atoms with Crippen LogP contribution in [0.5, 0.6) is 0 Å². The SMILES string of the molecule is C1=C(CCN(CCc2cn[nH]c2)CC2CC2)CCCC1. The van der Waals surface area contributed by atoms with Crippen molar-refractivity contribution in [2.75, 3.05) is 19.6 Å². The summed E-state index contributed by atoms with van der Waals surface area (Å²) in [6.07, 6.45) is 17.3. The van der Waals surface area contributed by atoms with E-state index in [1.54, 1.807) is 5.57 Å². The first kappa shape index (κ1) is 13.9. The Hall–Kier alpha value is -1.09. The van der Waals surface area contributed by atoms with E-state index >= 15 is 0 Å². The fourth-order valence-corrected chi connectivity index (χ4v) is 3.09. The highest BCUT2D eigenvalue weighted by Crippen LogP contribution is 2.30. The highest BCUT2D eigenvalue weighted by Gasteiger charge is 2.24. The third-order valence-electron chi connectivity index (χ3n) is 4.62. The van der Waals surface area contributed by atoms with Gasteiger partial charge in [0.2, 0.25) is 0 Å². The number of nitrogens with zero attached hydrogens (tertiary/aromatic N) is 2. The smallest absolute Gasteiger partial charge is 0.0519 e. The van der Waals surface area contributed by atoms with Crippen LogP contribution >= 0.6 is 0 Å². The maximum atomic E-state index is 4.04. The van der Waals surface area contributed by atoms with E-state index in [4.69, 9.17) is 0 Å². The van der Waals surface area contributed by atoms with Crippen molar-refractivity contribution in [1.29, 1.82) is 0 Å². The Labute approximate surface area is 122 Å². The number of hydrogen-bond acceptors (Lipinski definition) is 2. The molecule has 1 heterocycles. The van der Waals surface area contributed by atoms with Gasteiger partial charge in [0.05, 0.1) is 6.20 Å². The van der Waals surface area contributed by atoms with Crippen LogP contribution in [-0.4, -0.2) is 34.7 Å². The molecule has 0 aliphatic heterocycles. The summed E-state index contributed by atoms with van der Waals surface area (Å²) in [7, 11) is 0. The Morgan fingerprint density at radius 2 is 2.10 bits per heavy atom. The Bertz CT molecular complexity index is 417. The van der Waals surface area contributed by atoms with Gasteiger partial charge in [-0.15, -0.1) is 0 Å². The fraction of sp³-hybridized carbons (Fsp3) is 0.706. The van der Waals surface area contributed by atoms with Crippen LogP contribution in [0.25, 0.3) is 0 Å². The number of aromatic nitrogens is 2. The normalized spacial score (nSPS) is 19.4. The zero-order valence-corrected chi connectivity index (χ0v) is 12.5. The minimum atomic E-state index is 0.986. The molecule has 1 aromatic rings. The van der Waals surface area contributed by atoms with Gasteiger partial charge in [-0.3, -0.25) is 5.10 Å². The van der Waals surface area contributed by atoms with E-state index in [0.29, 0.717) is 0 Å². The highest BCUT2D eigenvalue weighted by molar-refractivity contribution is 5.06. The van der Waals surface area contributed by atoms with Crippen LogP contribution in [0.15, 0.2) is 24.0 Å². The molecule has 0 bridgehead atoms. The van der Waals surface area contributed by atoms with Crippen LogP contribution in [0.2, 0.25) is 0 Å². The van der Waals surface area contributed by atoms with E-state index < -0.39 is 0 Å². The van der Waals surface area contributed by atoms with Gasteiger partial charge in [0.1, 0.15) is 0 Å². The first-order chi connectivity index (χ1) is 9.90. The summed E-state index contributed by atoms with van der Waals surface area (Å²) in [5.41, 5.74) is 3.04. The van der Waals surface area contributed by atoms with E-state index in [-0.39, 0.29) is 0 Å². The van der Waals surface area contributed by atoms with Crippen LogP contribution in [0.1, 0.15) is 50.5 Å². The molecule has 0 amide bonds. The molecule has 20 heavy (non-hydrogen) atoms. The predicted octanol–water partition coefficient (Wildman–Crippen LogP) is 3.55. The molecule has 3 heteroatoms. The largest absolute Gasteiger partial charge is 0.302 e. The third-order valence-corrected chi connectivity index (χ3v) is 4.62. The van der Waals surface area contributed by atoms with Gasteiger partial charge >= 0.3 is 0 Å². The quantitative estimate of drug-likeness (QED) is 0.734. The molecular formula is C17H27N3. The predicted molar refractivity (Wildman–Crippen MR) is 82.6 cm³/mol. The lowest BCUT2D eigenvalue weighted by Gasteiger charge is -2.23. The van der Waals surface area contributed by atoms with Crippen LogP contribution in [-0.2, 0) is 6.42 Å². The topological polar surface area (TPSA) is 31.9 Å². The summed E-state index contributed by atoms with van der Waals surface area (Å²) < 4.78 is 0. The van der Waals surface area contributed by atoms with E-state index in [9.17, 15) is 0 Å². The molecule has 2 aliphatic rings. The number of allylic oxidation sites excluding steroid dienone is 1. The van der Waals surface area contributed by atoms with Crippen molar-refractivity contribution in [2.45, 2.75) is 51.4 Å². The van der Waals surface area contributed by atoms with E-state index in [1.165, 1.54) is 70.1 Å². The average Bonchev–Trinajstić information content (AvgIpc) is 3.15. The fourth-order valence-electron chi connectivity index (χ4n) is 3.09. The average molecular weight is 273 g/mol. The molecule has 3 rings (SSSR count). The molecule has 110 valence electrons. The lowest BCUT2D eigenvalue weighted by Crippen LogP contribution is -2.29. The molecule has 0 radical (unpaired) electrons. The molecule has 0 saturated heterocycles. The minimum Gasteiger partial charge on any atom is -0.302 e. The van der Waals surface area contributed by atoms with Gasteiger partial charge in [-0.05, 0) is 62.8 Å². The van der Waals surface area contributed by atoms with Crippen molar-refractivity contribution >= 4 is 0 Å². The van der Waals surface area contributed by atoms with Crippen molar-refractivity contribution in [3.05, 3.63) is 29.6 Å². The number of nitrogens with one attached hydrogen (secondary N) is 1. The molecule has 0 aromatic carbocycles. The molecule has 1 N–H and O–H groups in total. The summed E-state index contributed by atoms with van der Waals surface area (Å²) in [4.78, 5) is 2.68. The molecule has 0 spiro atoms. The monoisotopic (exact) mass is 273 g/mol. The van der Waals surface area contributed by atoms with Gasteiger partial charge < -0.3 is 4.90 Å². The molecule has 0 atom stereocenters. The molecule has 1 saturated carbocycles. The van der Waals surface area contributed by atoms with Gasteiger partial charge in [-0.1, -0.05) is 11.6 Å². The summed E-state index contributed by atoms with van der Waals surface area (Å²) in [6.45, 7) is 3.74. The third kappa shape index (κ3) is 4.48. The summed E-state index contributed by atoms with van der Waals surface area (Å²) in [6, 6.07) is 0.